The first kappa shape index (κ1) is 13.4. The van der Waals surface area contributed by atoms with Crippen molar-refractivity contribution >= 4 is 5.78 Å². The summed E-state index contributed by atoms with van der Waals surface area (Å²) >= 11 is 0. The lowest BCUT2D eigenvalue weighted by molar-refractivity contribution is 0.101. The van der Waals surface area contributed by atoms with Crippen LogP contribution in [-0.2, 0) is 11.2 Å². The van der Waals surface area contributed by atoms with Crippen LogP contribution in [0, 0.1) is 6.92 Å². The number of ether oxygens (including phenoxy) is 1. The van der Waals surface area contributed by atoms with E-state index < -0.39 is 0 Å². The Balaban J connectivity index is 2.44. The number of hydrogen-bond donors (Lipinski definition) is 0. The van der Waals surface area contributed by atoms with Crippen LogP contribution in [0.15, 0.2) is 24.3 Å². The zero-order valence-electron chi connectivity index (χ0n) is 11.4. The van der Waals surface area contributed by atoms with E-state index in [1.807, 2.05) is 31.2 Å². The van der Waals surface area contributed by atoms with E-state index >= 15 is 0 Å². The van der Waals surface area contributed by atoms with Crippen LogP contribution in [0.1, 0.15) is 28.7 Å². The fraction of sp³-hybridized carbons (Fsp3) is 0.357. The lowest BCUT2D eigenvalue weighted by atomic mass is 10.1. The van der Waals surface area contributed by atoms with Gasteiger partial charge in [0.1, 0.15) is 0 Å². The van der Waals surface area contributed by atoms with E-state index in [1.54, 1.807) is 11.8 Å². The van der Waals surface area contributed by atoms with Gasteiger partial charge in [0.05, 0.1) is 18.0 Å². The average Bonchev–Trinajstić information content (AvgIpc) is 2.78. The highest BCUT2D eigenvalue weighted by Gasteiger charge is 2.15. The number of aromatic nitrogens is 3. The van der Waals surface area contributed by atoms with Gasteiger partial charge in [-0.3, -0.25) is 4.79 Å². The van der Waals surface area contributed by atoms with Gasteiger partial charge >= 0.3 is 0 Å². The Kier molecular flexibility index (Phi) is 4.06. The van der Waals surface area contributed by atoms with Crippen molar-refractivity contribution in [1.29, 1.82) is 0 Å². The zero-order valence-corrected chi connectivity index (χ0v) is 11.4. The third-order valence-electron chi connectivity index (χ3n) is 3.02. The third-order valence-corrected chi connectivity index (χ3v) is 3.02. The molecule has 0 bridgehead atoms. The molecule has 100 valence electrons. The Morgan fingerprint density at radius 3 is 2.74 bits per heavy atom. The topological polar surface area (TPSA) is 57.0 Å². The normalized spacial score (nSPS) is 10.7. The van der Waals surface area contributed by atoms with Crippen molar-refractivity contribution in [3.05, 3.63) is 41.2 Å². The summed E-state index contributed by atoms with van der Waals surface area (Å²) in [5.74, 6) is -0.0712. The van der Waals surface area contributed by atoms with Crippen molar-refractivity contribution in [2.75, 3.05) is 13.7 Å². The largest absolute Gasteiger partial charge is 0.384 e. The molecule has 19 heavy (non-hydrogen) atoms. The van der Waals surface area contributed by atoms with E-state index in [0.29, 0.717) is 12.3 Å². The van der Waals surface area contributed by atoms with Crippen LogP contribution >= 0.6 is 0 Å². The van der Waals surface area contributed by atoms with E-state index in [4.69, 9.17) is 4.74 Å². The Morgan fingerprint density at radius 1 is 1.37 bits per heavy atom. The van der Waals surface area contributed by atoms with Gasteiger partial charge in [0.15, 0.2) is 11.5 Å². The number of rotatable bonds is 5. The Morgan fingerprint density at radius 2 is 2.11 bits per heavy atom. The van der Waals surface area contributed by atoms with E-state index in [1.165, 1.54) is 6.92 Å². The van der Waals surface area contributed by atoms with Gasteiger partial charge in [0.25, 0.3) is 0 Å². The fourth-order valence-corrected chi connectivity index (χ4v) is 2.02. The number of carbonyl (C=O) groups excluding carboxylic acids is 1. The summed E-state index contributed by atoms with van der Waals surface area (Å²) in [7, 11) is 1.68. The minimum atomic E-state index is -0.0712. The van der Waals surface area contributed by atoms with Crippen LogP contribution in [0.2, 0.25) is 0 Å². The molecule has 0 unspecified atom stereocenters. The maximum absolute atomic E-state index is 11.4. The van der Waals surface area contributed by atoms with Crippen molar-refractivity contribution in [2.45, 2.75) is 20.3 Å². The highest BCUT2D eigenvalue weighted by Crippen LogP contribution is 2.17. The maximum Gasteiger partial charge on any atom is 0.181 e. The highest BCUT2D eigenvalue weighted by atomic mass is 16.5. The quantitative estimate of drug-likeness (QED) is 0.770. The van der Waals surface area contributed by atoms with Crippen LogP contribution in [0.5, 0.6) is 0 Å². The Hall–Kier alpha value is -2.01. The number of nitrogens with zero attached hydrogens (tertiary/aromatic N) is 3. The molecular weight excluding hydrogens is 242 g/mol. The molecule has 5 nitrogen and oxygen atoms in total. The minimum Gasteiger partial charge on any atom is -0.384 e. The van der Waals surface area contributed by atoms with Gasteiger partial charge in [-0.25, -0.2) is 4.68 Å². The molecule has 0 aliphatic carbocycles. The summed E-state index contributed by atoms with van der Waals surface area (Å²) in [6.45, 7) is 3.99. The SMILES string of the molecule is COCCc1ccccc1-n1nnc(C(C)=O)c1C. The number of Topliss-reactive ketones (excluding diaryl/α,β-unsaturated/α-hetero) is 1. The standard InChI is InChI=1S/C14H17N3O2/c1-10-14(11(2)18)15-16-17(10)13-7-5-4-6-12(13)8-9-19-3/h4-7H,8-9H2,1-3H3. The summed E-state index contributed by atoms with van der Waals surface area (Å²) in [5, 5.41) is 8.03. The molecule has 0 N–H and O–H groups in total. The molecule has 2 aromatic rings. The summed E-state index contributed by atoms with van der Waals surface area (Å²) < 4.78 is 6.82. The summed E-state index contributed by atoms with van der Waals surface area (Å²) in [5.41, 5.74) is 3.24. The van der Waals surface area contributed by atoms with Crippen LogP contribution < -0.4 is 0 Å². The second-order valence-electron chi connectivity index (χ2n) is 4.36. The first-order valence-electron chi connectivity index (χ1n) is 6.15. The van der Waals surface area contributed by atoms with Crippen molar-refractivity contribution in [1.82, 2.24) is 15.0 Å². The van der Waals surface area contributed by atoms with Crippen molar-refractivity contribution in [3.8, 4) is 5.69 Å². The molecule has 0 aliphatic heterocycles. The minimum absolute atomic E-state index is 0.0712. The monoisotopic (exact) mass is 259 g/mol. The first-order chi connectivity index (χ1) is 9.15. The molecule has 0 fully saturated rings. The number of benzene rings is 1. The molecule has 0 spiro atoms. The molecule has 0 saturated heterocycles. The van der Waals surface area contributed by atoms with E-state index in [2.05, 4.69) is 10.3 Å². The molecule has 1 aromatic carbocycles. The zero-order chi connectivity index (χ0) is 13.8. The van der Waals surface area contributed by atoms with Gasteiger partial charge in [-0.15, -0.1) is 5.10 Å². The van der Waals surface area contributed by atoms with Gasteiger partial charge in [-0.2, -0.15) is 0 Å². The molecule has 0 saturated carbocycles. The van der Waals surface area contributed by atoms with Crippen LogP contribution in [0.3, 0.4) is 0 Å². The molecular formula is C14H17N3O2. The molecule has 0 atom stereocenters. The average molecular weight is 259 g/mol. The Bertz CT molecular complexity index is 590. The number of methoxy groups -OCH3 is 1. The molecule has 1 heterocycles. The van der Waals surface area contributed by atoms with E-state index in [-0.39, 0.29) is 5.78 Å². The lowest BCUT2D eigenvalue weighted by Crippen LogP contribution is -2.06. The van der Waals surface area contributed by atoms with Crippen molar-refractivity contribution in [2.24, 2.45) is 0 Å². The number of para-hydroxylation sites is 1. The van der Waals surface area contributed by atoms with E-state index in [9.17, 15) is 4.79 Å². The van der Waals surface area contributed by atoms with Crippen LogP contribution in [0.4, 0.5) is 0 Å². The molecule has 5 heteroatoms. The smallest absolute Gasteiger partial charge is 0.181 e. The number of hydrogen-bond acceptors (Lipinski definition) is 4. The molecule has 0 aliphatic rings. The summed E-state index contributed by atoms with van der Waals surface area (Å²) in [4.78, 5) is 11.4. The van der Waals surface area contributed by atoms with Gasteiger partial charge in [-0.05, 0) is 25.0 Å². The molecule has 0 amide bonds. The van der Waals surface area contributed by atoms with Gasteiger partial charge < -0.3 is 4.74 Å². The van der Waals surface area contributed by atoms with Crippen LogP contribution in [0.25, 0.3) is 5.69 Å². The van der Waals surface area contributed by atoms with Crippen molar-refractivity contribution in [3.63, 3.8) is 0 Å². The van der Waals surface area contributed by atoms with Crippen LogP contribution in [-0.4, -0.2) is 34.5 Å². The third kappa shape index (κ3) is 2.71. The van der Waals surface area contributed by atoms with Crippen molar-refractivity contribution < 1.29 is 9.53 Å². The van der Waals surface area contributed by atoms with Gasteiger partial charge in [0, 0.05) is 14.0 Å². The molecule has 2 rings (SSSR count). The number of ketones is 1. The lowest BCUT2D eigenvalue weighted by Gasteiger charge is -2.10. The molecule has 1 aromatic heterocycles. The fourth-order valence-electron chi connectivity index (χ4n) is 2.02. The Labute approximate surface area is 112 Å². The predicted molar refractivity (Wildman–Crippen MR) is 71.7 cm³/mol. The maximum atomic E-state index is 11.4. The number of carbonyl (C=O) groups is 1. The first-order valence-corrected chi connectivity index (χ1v) is 6.15. The summed E-state index contributed by atoms with van der Waals surface area (Å²) in [6, 6.07) is 7.92. The second kappa shape index (κ2) is 5.75. The predicted octanol–water partition coefficient (Wildman–Crippen LogP) is 1.97. The van der Waals surface area contributed by atoms with Gasteiger partial charge in [0.2, 0.25) is 0 Å². The highest BCUT2D eigenvalue weighted by molar-refractivity contribution is 5.93. The summed E-state index contributed by atoms with van der Waals surface area (Å²) in [6.07, 6.45) is 0.793. The van der Waals surface area contributed by atoms with E-state index in [0.717, 1.165) is 23.4 Å². The molecule has 0 radical (unpaired) electrons. The second-order valence-corrected chi connectivity index (χ2v) is 4.36. The van der Waals surface area contributed by atoms with Gasteiger partial charge in [-0.1, -0.05) is 23.4 Å².